The van der Waals surface area contributed by atoms with Crippen LogP contribution in [-0.4, -0.2) is 35.9 Å². The zero-order valence-electron chi connectivity index (χ0n) is 11.2. The van der Waals surface area contributed by atoms with Crippen LogP contribution in [0.2, 0.25) is 0 Å². The van der Waals surface area contributed by atoms with Crippen LogP contribution in [0.15, 0.2) is 30.3 Å². The summed E-state index contributed by atoms with van der Waals surface area (Å²) in [6.45, 7) is 1.65. The Kier molecular flexibility index (Phi) is 5.44. The number of hydrogen-bond donors (Lipinski definition) is 1. The van der Waals surface area contributed by atoms with Crippen LogP contribution in [-0.2, 0) is 37.5 Å². The number of amides is 1. The molecule has 6 heteroatoms. The molecule has 1 saturated heterocycles. The molecule has 1 radical (unpaired) electrons. The molecule has 0 aliphatic carbocycles. The Hall–Kier alpha value is -0.616. The van der Waals surface area contributed by atoms with E-state index in [4.69, 9.17) is 0 Å². The van der Waals surface area contributed by atoms with E-state index >= 15 is 0 Å². The van der Waals surface area contributed by atoms with E-state index in [1.165, 1.54) is 11.3 Å². The molecule has 1 aromatic carbocycles. The van der Waals surface area contributed by atoms with Crippen molar-refractivity contribution in [3.8, 4) is 11.3 Å². The molecule has 3 rings (SSSR count). The smallest absolute Gasteiger partial charge is 0.221 e. The van der Waals surface area contributed by atoms with E-state index in [9.17, 15) is 4.79 Å². The molecule has 1 aliphatic rings. The Balaban J connectivity index is 0.00000147. The molecule has 0 unspecified atom stereocenters. The number of nitrogens with zero attached hydrogens (tertiary/aromatic N) is 2. The summed E-state index contributed by atoms with van der Waals surface area (Å²) in [5.41, 5.74) is 1.80. The number of carbonyl (C=O) groups is 1. The van der Waals surface area contributed by atoms with Crippen molar-refractivity contribution < 1.29 is 37.5 Å². The molecular weight excluding hydrogens is 347 g/mol. The van der Waals surface area contributed by atoms with E-state index in [0.717, 1.165) is 24.3 Å². The minimum Gasteiger partial charge on any atom is -0.354 e. The zero-order chi connectivity index (χ0) is 13.2. The van der Waals surface area contributed by atoms with Crippen LogP contribution in [0, 0.1) is 11.3 Å². The first-order chi connectivity index (χ1) is 9.22. The fourth-order valence-corrected chi connectivity index (χ4v) is 2.73. The maximum Gasteiger partial charge on any atom is 0.221 e. The van der Waals surface area contributed by atoms with Gasteiger partial charge in [0, 0.05) is 45.8 Å². The minimum absolute atomic E-state index is 0. The number of likely N-dealkylation sites (tertiary alicyclic amines) is 1. The summed E-state index contributed by atoms with van der Waals surface area (Å²) < 4.78 is 0. The maximum atomic E-state index is 11.9. The van der Waals surface area contributed by atoms with E-state index in [0.29, 0.717) is 5.13 Å². The summed E-state index contributed by atoms with van der Waals surface area (Å²) in [5.74, 6) is 0.148. The molecule has 2 aromatic rings. The van der Waals surface area contributed by atoms with Gasteiger partial charge in [0.05, 0.1) is 11.0 Å². The Morgan fingerprint density at radius 2 is 2.10 bits per heavy atom. The molecule has 1 aromatic heterocycles. The van der Waals surface area contributed by atoms with E-state index in [1.54, 1.807) is 0 Å². The van der Waals surface area contributed by atoms with Crippen molar-refractivity contribution in [2.24, 2.45) is 5.92 Å². The third-order valence-corrected chi connectivity index (χ3v) is 3.85. The summed E-state index contributed by atoms with van der Waals surface area (Å²) in [6.07, 6.45) is 0. The van der Waals surface area contributed by atoms with Crippen LogP contribution >= 0.6 is 11.3 Å². The van der Waals surface area contributed by atoms with Crippen LogP contribution < -0.4 is 5.32 Å². The average molecular weight is 361 g/mol. The second kappa shape index (κ2) is 6.90. The van der Waals surface area contributed by atoms with Crippen molar-refractivity contribution in [2.45, 2.75) is 0 Å². The molecule has 0 atom stereocenters. The van der Waals surface area contributed by atoms with Crippen LogP contribution in [0.25, 0.3) is 11.3 Å². The first-order valence-corrected chi connectivity index (χ1v) is 6.97. The fraction of sp³-hybridized carbons (Fsp3) is 0.286. The van der Waals surface area contributed by atoms with Gasteiger partial charge in [-0.1, -0.05) is 29.1 Å². The van der Waals surface area contributed by atoms with Gasteiger partial charge in [-0.05, 0) is 12.7 Å². The largest absolute Gasteiger partial charge is 0.354 e. The molecule has 20 heavy (non-hydrogen) atoms. The maximum absolute atomic E-state index is 11.9. The van der Waals surface area contributed by atoms with Gasteiger partial charge >= 0.3 is 0 Å². The van der Waals surface area contributed by atoms with Gasteiger partial charge in [0.2, 0.25) is 5.91 Å². The van der Waals surface area contributed by atoms with Gasteiger partial charge in [-0.2, -0.15) is 0 Å². The topological polar surface area (TPSA) is 45.2 Å². The van der Waals surface area contributed by atoms with Gasteiger partial charge in [0.1, 0.15) is 0 Å². The molecule has 4 nitrogen and oxygen atoms in total. The molecule has 0 bridgehead atoms. The van der Waals surface area contributed by atoms with E-state index < -0.39 is 0 Å². The normalized spacial score (nSPS) is 15.2. The van der Waals surface area contributed by atoms with Crippen LogP contribution in [0.3, 0.4) is 0 Å². The summed E-state index contributed by atoms with van der Waals surface area (Å²) in [6, 6.07) is 9.86. The molecule has 2 heterocycles. The quantitative estimate of drug-likeness (QED) is 0.852. The Labute approximate surface area is 147 Å². The monoisotopic (exact) mass is 361 g/mol. The van der Waals surface area contributed by atoms with Gasteiger partial charge in [-0.15, -0.1) is 12.1 Å². The summed E-state index contributed by atoms with van der Waals surface area (Å²) in [4.78, 5) is 18.4. The number of carbonyl (C=O) groups excluding carboxylic acids is 1. The van der Waals surface area contributed by atoms with Crippen molar-refractivity contribution in [1.29, 1.82) is 0 Å². The number of hydrogen-bond acceptors (Lipinski definition) is 4. The predicted octanol–water partition coefficient (Wildman–Crippen LogP) is 2.11. The molecule has 1 aliphatic heterocycles. The predicted molar refractivity (Wildman–Crippen MR) is 76.0 cm³/mol. The van der Waals surface area contributed by atoms with E-state index in [1.807, 2.05) is 37.4 Å². The molecular formula is C14H14N3OSY-. The van der Waals surface area contributed by atoms with Crippen molar-refractivity contribution in [3.63, 3.8) is 0 Å². The summed E-state index contributed by atoms with van der Waals surface area (Å²) in [5, 5.41) is 6.61. The van der Waals surface area contributed by atoms with Gasteiger partial charge in [0.15, 0.2) is 0 Å². The standard InChI is InChI=1S/C14H14N3OS.Y/c1-17-7-11(8-17)13(18)16-14-15-12(9-19-14)10-5-3-2-4-6-10;/h2-6,11H,7-8H2,1H3,(H,15,16,18);/q-1;. The summed E-state index contributed by atoms with van der Waals surface area (Å²) >= 11 is 1.34. The third kappa shape index (κ3) is 3.53. The van der Waals surface area contributed by atoms with E-state index in [2.05, 4.69) is 20.6 Å². The number of benzene rings is 1. The summed E-state index contributed by atoms with van der Waals surface area (Å²) in [7, 11) is 2.01. The second-order valence-electron chi connectivity index (χ2n) is 4.74. The van der Waals surface area contributed by atoms with Crippen LogP contribution in [0.5, 0.6) is 0 Å². The first kappa shape index (κ1) is 15.8. The molecule has 1 amide bonds. The molecule has 1 N–H and O–H groups in total. The minimum atomic E-state index is 0. The molecule has 0 saturated carbocycles. The Morgan fingerprint density at radius 1 is 1.40 bits per heavy atom. The average Bonchev–Trinajstić information content (AvgIpc) is 2.84. The van der Waals surface area contributed by atoms with Gasteiger partial charge in [0.25, 0.3) is 0 Å². The SMILES string of the molecule is CN1CC(C(=O)Nc2nc(-c3ccccc3)[c-]s2)C1.[Y]. The molecule has 1 fully saturated rings. The fourth-order valence-electron chi connectivity index (χ4n) is 2.09. The Morgan fingerprint density at radius 3 is 2.75 bits per heavy atom. The van der Waals surface area contributed by atoms with Gasteiger partial charge < -0.3 is 15.2 Å². The van der Waals surface area contributed by atoms with Gasteiger partial charge in [-0.25, -0.2) is 11.3 Å². The second-order valence-corrected chi connectivity index (χ2v) is 5.54. The van der Waals surface area contributed by atoms with Crippen molar-refractivity contribution in [1.82, 2.24) is 9.88 Å². The van der Waals surface area contributed by atoms with Crippen molar-refractivity contribution >= 4 is 22.4 Å². The first-order valence-electron chi connectivity index (χ1n) is 6.16. The third-order valence-electron chi connectivity index (χ3n) is 3.17. The van der Waals surface area contributed by atoms with Crippen molar-refractivity contribution in [2.75, 3.05) is 25.5 Å². The number of nitrogens with one attached hydrogen (secondary N) is 1. The molecule has 0 spiro atoms. The Bertz CT molecular complexity index is 581. The number of rotatable bonds is 3. The number of thiazole rings is 1. The van der Waals surface area contributed by atoms with E-state index in [-0.39, 0.29) is 44.5 Å². The zero-order valence-corrected chi connectivity index (χ0v) is 14.8. The van der Waals surface area contributed by atoms with Crippen LogP contribution in [0.4, 0.5) is 5.13 Å². The number of anilines is 1. The van der Waals surface area contributed by atoms with Crippen LogP contribution in [0.1, 0.15) is 0 Å². The van der Waals surface area contributed by atoms with Gasteiger partial charge in [-0.3, -0.25) is 4.79 Å². The number of aromatic nitrogens is 1. The van der Waals surface area contributed by atoms with Crippen molar-refractivity contribution in [3.05, 3.63) is 35.7 Å². The molecule has 101 valence electrons.